The van der Waals surface area contributed by atoms with Crippen LogP contribution in [0.4, 0.5) is 5.69 Å². The first-order chi connectivity index (χ1) is 9.47. The van der Waals surface area contributed by atoms with Gasteiger partial charge in [-0.1, -0.05) is 39.8 Å². The zero-order valence-electron chi connectivity index (χ0n) is 13.7. The Morgan fingerprint density at radius 2 is 1.80 bits per heavy atom. The number of hydrogen-bond donors (Lipinski definition) is 1. The summed E-state index contributed by atoms with van der Waals surface area (Å²) in [6.45, 7) is 13.6. The maximum atomic E-state index is 3.47. The van der Waals surface area contributed by atoms with E-state index in [1.165, 1.54) is 24.2 Å². The second-order valence-corrected chi connectivity index (χ2v) is 6.91. The summed E-state index contributed by atoms with van der Waals surface area (Å²) in [7, 11) is 0. The van der Waals surface area contributed by atoms with E-state index < -0.39 is 0 Å². The van der Waals surface area contributed by atoms with Crippen LogP contribution in [-0.2, 0) is 6.54 Å². The van der Waals surface area contributed by atoms with Crippen LogP contribution >= 0.6 is 0 Å². The van der Waals surface area contributed by atoms with Gasteiger partial charge in [-0.3, -0.25) is 0 Å². The van der Waals surface area contributed by atoms with Gasteiger partial charge in [0.25, 0.3) is 0 Å². The number of nitrogens with one attached hydrogen (secondary N) is 1. The van der Waals surface area contributed by atoms with E-state index in [-0.39, 0.29) is 0 Å². The van der Waals surface area contributed by atoms with E-state index in [1.807, 2.05) is 0 Å². The van der Waals surface area contributed by atoms with Gasteiger partial charge in [0.1, 0.15) is 0 Å². The maximum Gasteiger partial charge on any atom is 0.0368 e. The number of anilines is 1. The Kier molecular flexibility index (Phi) is 5.09. The zero-order chi connectivity index (χ0) is 14.7. The molecule has 2 heteroatoms. The summed E-state index contributed by atoms with van der Waals surface area (Å²) in [5, 5.41) is 3.47. The molecule has 0 bridgehead atoms. The molecule has 0 spiro atoms. The average molecular weight is 274 g/mol. The molecule has 1 fully saturated rings. The van der Waals surface area contributed by atoms with Crippen molar-refractivity contribution in [3.8, 4) is 0 Å². The van der Waals surface area contributed by atoms with Crippen molar-refractivity contribution < 1.29 is 0 Å². The molecule has 1 aliphatic heterocycles. The van der Waals surface area contributed by atoms with Crippen molar-refractivity contribution in [2.24, 2.45) is 11.8 Å². The van der Waals surface area contributed by atoms with Gasteiger partial charge in [-0.25, -0.2) is 0 Å². The van der Waals surface area contributed by atoms with Gasteiger partial charge in [-0.2, -0.15) is 0 Å². The molecule has 1 aromatic rings. The third-order valence-corrected chi connectivity index (χ3v) is 4.58. The Bertz CT molecular complexity index is 410. The Balaban J connectivity index is 2.05. The highest BCUT2D eigenvalue weighted by Crippen LogP contribution is 2.31. The van der Waals surface area contributed by atoms with Crippen LogP contribution in [0.1, 0.15) is 46.6 Å². The van der Waals surface area contributed by atoms with Crippen molar-refractivity contribution in [3.63, 3.8) is 0 Å². The van der Waals surface area contributed by atoms with Crippen LogP contribution in [0.3, 0.4) is 0 Å². The molecule has 1 aromatic carbocycles. The lowest BCUT2D eigenvalue weighted by Gasteiger charge is -2.42. The van der Waals surface area contributed by atoms with Crippen molar-refractivity contribution in [1.29, 1.82) is 0 Å². The molecule has 0 aliphatic carbocycles. The SMILES string of the molecule is CC1CC(C)C(C)N(c2ccc(CNC(C)C)cc2)C1. The Morgan fingerprint density at radius 1 is 1.15 bits per heavy atom. The van der Waals surface area contributed by atoms with Gasteiger partial charge in [-0.05, 0) is 42.9 Å². The number of benzene rings is 1. The van der Waals surface area contributed by atoms with Gasteiger partial charge in [0.2, 0.25) is 0 Å². The largest absolute Gasteiger partial charge is 0.368 e. The molecule has 0 saturated carbocycles. The molecule has 3 atom stereocenters. The van der Waals surface area contributed by atoms with Gasteiger partial charge < -0.3 is 10.2 Å². The highest BCUT2D eigenvalue weighted by molar-refractivity contribution is 5.49. The minimum absolute atomic E-state index is 0.540. The molecule has 0 aromatic heterocycles. The molecule has 2 nitrogen and oxygen atoms in total. The monoisotopic (exact) mass is 274 g/mol. The minimum Gasteiger partial charge on any atom is -0.368 e. The van der Waals surface area contributed by atoms with Crippen molar-refractivity contribution in [2.75, 3.05) is 11.4 Å². The molecule has 0 radical (unpaired) electrons. The van der Waals surface area contributed by atoms with Gasteiger partial charge in [0.15, 0.2) is 0 Å². The molecule has 3 unspecified atom stereocenters. The minimum atomic E-state index is 0.540. The summed E-state index contributed by atoms with van der Waals surface area (Å²) < 4.78 is 0. The molecule has 20 heavy (non-hydrogen) atoms. The smallest absolute Gasteiger partial charge is 0.0368 e. The van der Waals surface area contributed by atoms with E-state index in [0.29, 0.717) is 12.1 Å². The van der Waals surface area contributed by atoms with E-state index >= 15 is 0 Å². The van der Waals surface area contributed by atoms with Crippen molar-refractivity contribution in [3.05, 3.63) is 29.8 Å². The summed E-state index contributed by atoms with van der Waals surface area (Å²) in [6, 6.07) is 10.3. The second kappa shape index (κ2) is 6.62. The second-order valence-electron chi connectivity index (χ2n) is 6.91. The van der Waals surface area contributed by atoms with E-state index in [4.69, 9.17) is 0 Å². The highest BCUT2D eigenvalue weighted by Gasteiger charge is 2.28. The summed E-state index contributed by atoms with van der Waals surface area (Å²) in [6.07, 6.45) is 1.36. The number of piperidine rings is 1. The maximum absolute atomic E-state index is 3.47. The predicted molar refractivity (Wildman–Crippen MR) is 88.2 cm³/mol. The molecule has 1 saturated heterocycles. The van der Waals surface area contributed by atoms with Crippen LogP contribution < -0.4 is 10.2 Å². The fourth-order valence-electron chi connectivity index (χ4n) is 3.18. The molecular formula is C18H30N2. The van der Waals surface area contributed by atoms with E-state index in [9.17, 15) is 0 Å². The highest BCUT2D eigenvalue weighted by atomic mass is 15.2. The average Bonchev–Trinajstić information content (AvgIpc) is 2.41. The van der Waals surface area contributed by atoms with Crippen LogP contribution in [0, 0.1) is 11.8 Å². The lowest BCUT2D eigenvalue weighted by molar-refractivity contribution is 0.297. The Morgan fingerprint density at radius 3 is 2.40 bits per heavy atom. The molecular weight excluding hydrogens is 244 g/mol. The van der Waals surface area contributed by atoms with Crippen LogP contribution in [0.25, 0.3) is 0 Å². The number of nitrogens with zero attached hydrogens (tertiary/aromatic N) is 1. The molecule has 1 N–H and O–H groups in total. The summed E-state index contributed by atoms with van der Waals surface area (Å²) in [5.74, 6) is 1.57. The lowest BCUT2D eigenvalue weighted by Crippen LogP contribution is -2.45. The van der Waals surface area contributed by atoms with Gasteiger partial charge in [0, 0.05) is 30.9 Å². The van der Waals surface area contributed by atoms with Crippen molar-refractivity contribution in [1.82, 2.24) is 5.32 Å². The molecule has 0 amide bonds. The lowest BCUT2D eigenvalue weighted by atomic mass is 9.85. The molecule has 1 heterocycles. The predicted octanol–water partition coefficient (Wildman–Crippen LogP) is 4.06. The fourth-order valence-corrected chi connectivity index (χ4v) is 3.18. The van der Waals surface area contributed by atoms with Crippen LogP contribution in [0.2, 0.25) is 0 Å². The molecule has 1 aliphatic rings. The van der Waals surface area contributed by atoms with Crippen LogP contribution in [0.5, 0.6) is 0 Å². The summed E-state index contributed by atoms with van der Waals surface area (Å²) in [4.78, 5) is 2.58. The Labute approximate surface area is 124 Å². The van der Waals surface area contributed by atoms with Crippen LogP contribution in [0.15, 0.2) is 24.3 Å². The van der Waals surface area contributed by atoms with Crippen LogP contribution in [-0.4, -0.2) is 18.6 Å². The summed E-state index contributed by atoms with van der Waals surface area (Å²) >= 11 is 0. The molecule has 112 valence electrons. The topological polar surface area (TPSA) is 15.3 Å². The third kappa shape index (κ3) is 3.76. The number of rotatable bonds is 4. The normalized spacial score (nSPS) is 27.1. The van der Waals surface area contributed by atoms with Gasteiger partial charge in [0.05, 0.1) is 0 Å². The van der Waals surface area contributed by atoms with E-state index in [2.05, 4.69) is 69.1 Å². The van der Waals surface area contributed by atoms with Gasteiger partial charge in [-0.15, -0.1) is 0 Å². The Hall–Kier alpha value is -1.02. The van der Waals surface area contributed by atoms with E-state index in [0.717, 1.165) is 18.4 Å². The quantitative estimate of drug-likeness (QED) is 0.891. The van der Waals surface area contributed by atoms with Crippen molar-refractivity contribution in [2.45, 2.75) is 59.7 Å². The first-order valence-corrected chi connectivity index (χ1v) is 8.06. The third-order valence-electron chi connectivity index (χ3n) is 4.58. The fraction of sp³-hybridized carbons (Fsp3) is 0.667. The van der Waals surface area contributed by atoms with E-state index in [1.54, 1.807) is 0 Å². The first-order valence-electron chi connectivity index (χ1n) is 8.06. The zero-order valence-corrected chi connectivity index (χ0v) is 13.7. The number of hydrogen-bond acceptors (Lipinski definition) is 2. The summed E-state index contributed by atoms with van der Waals surface area (Å²) in [5.41, 5.74) is 2.75. The van der Waals surface area contributed by atoms with Crippen molar-refractivity contribution >= 4 is 5.69 Å². The van der Waals surface area contributed by atoms with Gasteiger partial charge >= 0.3 is 0 Å². The molecule has 2 rings (SSSR count). The standard InChI is InChI=1S/C18H30N2/c1-13(2)19-11-17-6-8-18(9-7-17)20-12-14(3)10-15(4)16(20)5/h6-9,13-16,19H,10-12H2,1-5H3. The first kappa shape index (κ1) is 15.4.